The van der Waals surface area contributed by atoms with E-state index in [4.69, 9.17) is 9.47 Å². The quantitative estimate of drug-likeness (QED) is 0.804. The fourth-order valence-corrected chi connectivity index (χ4v) is 3.54. The van der Waals surface area contributed by atoms with E-state index in [2.05, 4.69) is 13.8 Å². The summed E-state index contributed by atoms with van der Waals surface area (Å²) in [6.07, 6.45) is 1.46. The van der Waals surface area contributed by atoms with Crippen LogP contribution in [-0.2, 0) is 16.0 Å². The van der Waals surface area contributed by atoms with Crippen LogP contribution >= 0.6 is 0 Å². The molecule has 0 radical (unpaired) electrons. The highest BCUT2D eigenvalue weighted by Crippen LogP contribution is 2.40. The van der Waals surface area contributed by atoms with E-state index >= 15 is 0 Å². The van der Waals surface area contributed by atoms with Crippen molar-refractivity contribution in [3.05, 3.63) is 23.3 Å². The zero-order chi connectivity index (χ0) is 19.4. The highest BCUT2D eigenvalue weighted by Gasteiger charge is 2.36. The number of methoxy groups -OCH3 is 2. The van der Waals surface area contributed by atoms with Crippen LogP contribution in [-0.4, -0.2) is 42.6 Å². The van der Waals surface area contributed by atoms with Crippen molar-refractivity contribution in [2.24, 2.45) is 11.8 Å². The fraction of sp³-hybridized carbons (Fsp3) is 0.600. The molecule has 1 amide bonds. The van der Waals surface area contributed by atoms with Crippen LogP contribution in [0.3, 0.4) is 0 Å². The lowest BCUT2D eigenvalue weighted by molar-refractivity contribution is -0.144. The Kier molecular flexibility index (Phi) is 6.51. The largest absolute Gasteiger partial charge is 0.493 e. The number of carboxylic acids is 1. The maximum Gasteiger partial charge on any atom is 0.305 e. The second kappa shape index (κ2) is 8.43. The van der Waals surface area contributed by atoms with Gasteiger partial charge in [0.2, 0.25) is 5.91 Å². The van der Waals surface area contributed by atoms with Crippen molar-refractivity contribution in [3.8, 4) is 11.5 Å². The van der Waals surface area contributed by atoms with Gasteiger partial charge in [0.05, 0.1) is 26.7 Å². The molecule has 1 aromatic carbocycles. The zero-order valence-electron chi connectivity index (χ0n) is 16.2. The molecule has 1 heterocycles. The van der Waals surface area contributed by atoms with Gasteiger partial charge in [-0.15, -0.1) is 0 Å². The first-order valence-electron chi connectivity index (χ1n) is 9.11. The Balaban J connectivity index is 2.45. The minimum Gasteiger partial charge on any atom is -0.493 e. The smallest absolute Gasteiger partial charge is 0.305 e. The first-order chi connectivity index (χ1) is 12.3. The number of benzene rings is 1. The number of carbonyl (C=O) groups excluding carboxylic acids is 1. The van der Waals surface area contributed by atoms with Gasteiger partial charge < -0.3 is 19.5 Å². The number of hydrogen-bond acceptors (Lipinski definition) is 4. The van der Waals surface area contributed by atoms with Crippen molar-refractivity contribution in [2.45, 2.75) is 46.1 Å². The molecule has 0 aliphatic carbocycles. The summed E-state index contributed by atoms with van der Waals surface area (Å²) in [5, 5.41) is 9.42. The van der Waals surface area contributed by atoms with Gasteiger partial charge in [0.1, 0.15) is 0 Å². The molecule has 0 spiro atoms. The predicted molar refractivity (Wildman–Crippen MR) is 98.6 cm³/mol. The molecule has 3 atom stereocenters. The van der Waals surface area contributed by atoms with Crippen LogP contribution in [0.1, 0.15) is 50.8 Å². The average molecular weight is 363 g/mol. The molecule has 6 nitrogen and oxygen atoms in total. The van der Waals surface area contributed by atoms with Gasteiger partial charge in [-0.2, -0.15) is 0 Å². The van der Waals surface area contributed by atoms with Crippen LogP contribution in [0.5, 0.6) is 11.5 Å². The molecule has 1 aliphatic rings. The van der Waals surface area contributed by atoms with E-state index < -0.39 is 12.0 Å². The van der Waals surface area contributed by atoms with Gasteiger partial charge in [0.25, 0.3) is 0 Å². The van der Waals surface area contributed by atoms with Crippen molar-refractivity contribution >= 4 is 11.9 Å². The number of fused-ring (bicyclic) bond motifs is 1. The van der Waals surface area contributed by atoms with E-state index in [9.17, 15) is 14.7 Å². The molecule has 0 saturated carbocycles. The number of rotatable bonds is 7. The number of hydrogen-bond donors (Lipinski definition) is 1. The summed E-state index contributed by atoms with van der Waals surface area (Å²) in [6, 6.07) is 3.22. The summed E-state index contributed by atoms with van der Waals surface area (Å²) in [7, 11) is 3.12. The molecular formula is C20H29NO5. The zero-order valence-corrected chi connectivity index (χ0v) is 16.2. The fourth-order valence-electron chi connectivity index (χ4n) is 3.54. The van der Waals surface area contributed by atoms with Crippen LogP contribution in [0, 0.1) is 11.8 Å². The number of amides is 1. The molecule has 3 unspecified atom stereocenters. The van der Waals surface area contributed by atoms with Crippen LogP contribution in [0.2, 0.25) is 0 Å². The van der Waals surface area contributed by atoms with Gasteiger partial charge in [0.15, 0.2) is 11.5 Å². The molecule has 144 valence electrons. The topological polar surface area (TPSA) is 76.1 Å². The Hall–Kier alpha value is -2.24. The maximum atomic E-state index is 13.1. The van der Waals surface area contributed by atoms with Gasteiger partial charge in [-0.1, -0.05) is 27.2 Å². The summed E-state index contributed by atoms with van der Waals surface area (Å²) in [6.45, 7) is 6.56. The van der Waals surface area contributed by atoms with E-state index in [1.165, 1.54) is 0 Å². The van der Waals surface area contributed by atoms with E-state index in [0.29, 0.717) is 24.5 Å². The molecule has 1 N–H and O–H groups in total. The van der Waals surface area contributed by atoms with E-state index in [-0.39, 0.29) is 24.2 Å². The first kappa shape index (κ1) is 20.1. The summed E-state index contributed by atoms with van der Waals surface area (Å²) in [4.78, 5) is 26.3. The lowest BCUT2D eigenvalue weighted by Crippen LogP contribution is -2.44. The minimum absolute atomic E-state index is 0.0195. The normalized spacial score (nSPS) is 18.7. The lowest BCUT2D eigenvalue weighted by atomic mass is 9.86. The molecule has 0 bridgehead atoms. The lowest BCUT2D eigenvalue weighted by Gasteiger charge is -2.39. The van der Waals surface area contributed by atoms with Crippen molar-refractivity contribution in [1.82, 2.24) is 4.90 Å². The molecule has 2 rings (SSSR count). The Morgan fingerprint density at radius 3 is 2.38 bits per heavy atom. The van der Waals surface area contributed by atoms with Crippen LogP contribution in [0.15, 0.2) is 12.1 Å². The summed E-state index contributed by atoms with van der Waals surface area (Å²) in [5.41, 5.74) is 1.84. The second-order valence-electron chi connectivity index (χ2n) is 6.98. The summed E-state index contributed by atoms with van der Waals surface area (Å²) < 4.78 is 10.7. The molecular weight excluding hydrogens is 334 g/mol. The summed E-state index contributed by atoms with van der Waals surface area (Å²) in [5.74, 6) is 0.370. The third kappa shape index (κ3) is 3.94. The molecule has 6 heteroatoms. The maximum absolute atomic E-state index is 13.1. The second-order valence-corrected chi connectivity index (χ2v) is 6.98. The first-order valence-corrected chi connectivity index (χ1v) is 9.11. The Labute approximate surface area is 155 Å². The van der Waals surface area contributed by atoms with Gasteiger partial charge in [-0.05, 0) is 35.6 Å². The number of carbonyl (C=O) groups is 2. The summed E-state index contributed by atoms with van der Waals surface area (Å²) >= 11 is 0. The molecule has 1 aromatic rings. The highest BCUT2D eigenvalue weighted by atomic mass is 16.5. The molecule has 1 aliphatic heterocycles. The third-order valence-electron chi connectivity index (χ3n) is 5.54. The highest BCUT2D eigenvalue weighted by molar-refractivity contribution is 5.81. The van der Waals surface area contributed by atoms with E-state index in [0.717, 1.165) is 17.5 Å². The SMILES string of the molecule is CCC(C)C(C)C(=O)N1CCc2cc(OC)c(OC)cc2C1CC(=O)O. The average Bonchev–Trinajstić information content (AvgIpc) is 2.64. The van der Waals surface area contributed by atoms with Crippen molar-refractivity contribution in [1.29, 1.82) is 0 Å². The third-order valence-corrected chi connectivity index (χ3v) is 5.54. The van der Waals surface area contributed by atoms with E-state index in [1.807, 2.05) is 19.1 Å². The van der Waals surface area contributed by atoms with Crippen LogP contribution in [0.4, 0.5) is 0 Å². The monoisotopic (exact) mass is 363 g/mol. The molecule has 0 saturated heterocycles. The van der Waals surface area contributed by atoms with Gasteiger partial charge >= 0.3 is 5.97 Å². The Morgan fingerprint density at radius 1 is 1.23 bits per heavy atom. The van der Waals surface area contributed by atoms with E-state index in [1.54, 1.807) is 19.1 Å². The molecule has 26 heavy (non-hydrogen) atoms. The Morgan fingerprint density at radius 2 is 1.85 bits per heavy atom. The molecule has 0 aromatic heterocycles. The van der Waals surface area contributed by atoms with Gasteiger partial charge in [0, 0.05) is 12.5 Å². The van der Waals surface area contributed by atoms with Crippen LogP contribution < -0.4 is 9.47 Å². The minimum atomic E-state index is -0.924. The number of ether oxygens (including phenoxy) is 2. The van der Waals surface area contributed by atoms with Crippen molar-refractivity contribution < 1.29 is 24.2 Å². The molecule has 0 fully saturated rings. The van der Waals surface area contributed by atoms with Gasteiger partial charge in [-0.25, -0.2) is 0 Å². The number of aliphatic carboxylic acids is 1. The van der Waals surface area contributed by atoms with Crippen molar-refractivity contribution in [3.63, 3.8) is 0 Å². The Bertz CT molecular complexity index is 672. The predicted octanol–water partition coefficient (Wildman–Crippen LogP) is 3.29. The van der Waals surface area contributed by atoms with Crippen molar-refractivity contribution in [2.75, 3.05) is 20.8 Å². The van der Waals surface area contributed by atoms with Crippen LogP contribution in [0.25, 0.3) is 0 Å². The standard InChI is InChI=1S/C20H29NO5/c1-6-12(2)13(3)20(24)21-8-7-14-9-17(25-4)18(26-5)10-15(14)16(21)11-19(22)23/h9-10,12-13,16H,6-8,11H2,1-5H3,(H,22,23). The number of carboxylic acid groups (broad SMARTS) is 1. The number of nitrogens with zero attached hydrogens (tertiary/aromatic N) is 1. The van der Waals surface area contributed by atoms with Gasteiger partial charge in [-0.3, -0.25) is 9.59 Å².